The highest BCUT2D eigenvalue weighted by Crippen LogP contribution is 2.35. The number of nitrogens with zero attached hydrogens (tertiary/aromatic N) is 2. The van der Waals surface area contributed by atoms with Gasteiger partial charge in [-0.1, -0.05) is 13.8 Å². The zero-order chi connectivity index (χ0) is 15.4. The number of halogens is 3. The molecule has 0 aliphatic heterocycles. The Labute approximate surface area is 119 Å². The Hall–Kier alpha value is -2.11. The highest BCUT2D eigenvalue weighted by atomic mass is 19.2. The van der Waals surface area contributed by atoms with E-state index >= 15 is 0 Å². The van der Waals surface area contributed by atoms with Crippen molar-refractivity contribution in [3.63, 3.8) is 0 Å². The SMILES string of the molecule is CC1(C)CC(=O)c2cnn(-c3cc(F)c(F)cc3F)c2C1. The van der Waals surface area contributed by atoms with E-state index in [0.717, 1.165) is 6.07 Å². The van der Waals surface area contributed by atoms with Gasteiger partial charge in [-0.3, -0.25) is 4.79 Å². The smallest absolute Gasteiger partial charge is 0.166 e. The van der Waals surface area contributed by atoms with Gasteiger partial charge in [0.15, 0.2) is 23.2 Å². The second-order valence-corrected chi connectivity index (χ2v) is 6.08. The summed E-state index contributed by atoms with van der Waals surface area (Å²) in [5, 5.41) is 3.98. The van der Waals surface area contributed by atoms with Gasteiger partial charge in [-0.2, -0.15) is 5.10 Å². The molecule has 1 heterocycles. The van der Waals surface area contributed by atoms with Gasteiger partial charge in [0.05, 0.1) is 17.5 Å². The van der Waals surface area contributed by atoms with E-state index in [1.54, 1.807) is 0 Å². The topological polar surface area (TPSA) is 34.9 Å². The van der Waals surface area contributed by atoms with E-state index in [2.05, 4.69) is 5.10 Å². The standard InChI is InChI=1S/C15H13F3N2O/c1-15(2)5-13-8(14(21)6-15)7-19-20(13)12-4-10(17)9(16)3-11(12)18/h3-4,7H,5-6H2,1-2H3. The number of fused-ring (bicyclic) bond motifs is 1. The first-order valence-corrected chi connectivity index (χ1v) is 6.53. The molecule has 0 N–H and O–H groups in total. The quantitative estimate of drug-likeness (QED) is 0.755. The molecular formula is C15H13F3N2O. The van der Waals surface area contributed by atoms with Crippen LogP contribution in [0.4, 0.5) is 13.2 Å². The minimum absolute atomic E-state index is 0.0736. The summed E-state index contributed by atoms with van der Waals surface area (Å²) in [7, 11) is 0. The van der Waals surface area contributed by atoms with Gasteiger partial charge in [-0.25, -0.2) is 17.9 Å². The molecule has 1 aromatic heterocycles. The highest BCUT2D eigenvalue weighted by molar-refractivity contribution is 5.98. The molecule has 0 saturated carbocycles. The number of Topliss-reactive ketones (excluding diaryl/α,β-unsaturated/α-hetero) is 1. The van der Waals surface area contributed by atoms with Crippen molar-refractivity contribution in [2.24, 2.45) is 5.41 Å². The van der Waals surface area contributed by atoms with Crippen LogP contribution in [0.2, 0.25) is 0 Å². The molecule has 110 valence electrons. The Balaban J connectivity index is 2.19. The molecule has 3 rings (SSSR count). The lowest BCUT2D eigenvalue weighted by Gasteiger charge is -2.28. The molecular weight excluding hydrogens is 281 g/mol. The molecule has 0 atom stereocenters. The van der Waals surface area contributed by atoms with Crippen molar-refractivity contribution < 1.29 is 18.0 Å². The molecule has 0 spiro atoms. The van der Waals surface area contributed by atoms with Crippen LogP contribution in [0, 0.1) is 22.9 Å². The third kappa shape index (κ3) is 2.24. The summed E-state index contributed by atoms with van der Waals surface area (Å²) in [6, 6.07) is 1.23. The van der Waals surface area contributed by atoms with E-state index in [0.29, 0.717) is 30.2 Å². The van der Waals surface area contributed by atoms with Gasteiger partial charge < -0.3 is 0 Å². The van der Waals surface area contributed by atoms with Gasteiger partial charge in [-0.05, 0) is 11.8 Å². The molecule has 0 bridgehead atoms. The second kappa shape index (κ2) is 4.44. The zero-order valence-corrected chi connectivity index (χ0v) is 11.6. The third-order valence-electron chi connectivity index (χ3n) is 3.67. The van der Waals surface area contributed by atoms with Crippen molar-refractivity contribution in [3.8, 4) is 5.69 Å². The predicted molar refractivity (Wildman–Crippen MR) is 69.9 cm³/mol. The molecule has 2 aromatic rings. The Bertz CT molecular complexity index is 750. The Morgan fingerprint density at radius 2 is 1.76 bits per heavy atom. The zero-order valence-electron chi connectivity index (χ0n) is 11.6. The van der Waals surface area contributed by atoms with Crippen LogP contribution in [-0.4, -0.2) is 15.6 Å². The summed E-state index contributed by atoms with van der Waals surface area (Å²) in [6.07, 6.45) is 2.24. The van der Waals surface area contributed by atoms with E-state index in [1.807, 2.05) is 13.8 Å². The first-order chi connectivity index (χ1) is 9.78. The number of hydrogen-bond donors (Lipinski definition) is 0. The molecule has 1 aliphatic rings. The Kier molecular flexibility index (Phi) is 2.93. The minimum atomic E-state index is -1.26. The van der Waals surface area contributed by atoms with Crippen molar-refractivity contribution in [1.82, 2.24) is 9.78 Å². The van der Waals surface area contributed by atoms with Crippen molar-refractivity contribution in [2.75, 3.05) is 0 Å². The molecule has 6 heteroatoms. The minimum Gasteiger partial charge on any atom is -0.294 e. The maximum atomic E-state index is 13.9. The maximum Gasteiger partial charge on any atom is 0.166 e. The number of aromatic nitrogens is 2. The van der Waals surface area contributed by atoms with Crippen LogP contribution in [0.25, 0.3) is 5.69 Å². The molecule has 21 heavy (non-hydrogen) atoms. The number of ketones is 1. The van der Waals surface area contributed by atoms with Gasteiger partial charge in [-0.15, -0.1) is 0 Å². The molecule has 0 saturated heterocycles. The van der Waals surface area contributed by atoms with Crippen LogP contribution in [0.5, 0.6) is 0 Å². The molecule has 0 fully saturated rings. The lowest BCUT2D eigenvalue weighted by atomic mass is 9.76. The van der Waals surface area contributed by atoms with E-state index < -0.39 is 17.5 Å². The fourth-order valence-corrected chi connectivity index (χ4v) is 2.70. The van der Waals surface area contributed by atoms with Crippen molar-refractivity contribution >= 4 is 5.78 Å². The van der Waals surface area contributed by atoms with E-state index in [9.17, 15) is 18.0 Å². The van der Waals surface area contributed by atoms with Crippen LogP contribution in [-0.2, 0) is 6.42 Å². The fraction of sp³-hybridized carbons (Fsp3) is 0.333. The monoisotopic (exact) mass is 294 g/mol. The summed E-state index contributed by atoms with van der Waals surface area (Å²) < 4.78 is 41.5. The predicted octanol–water partition coefficient (Wildman–Crippen LogP) is 3.44. The van der Waals surface area contributed by atoms with Crippen LogP contribution in [0.15, 0.2) is 18.3 Å². The summed E-state index contributed by atoms with van der Waals surface area (Å²) in [6.45, 7) is 3.85. The first-order valence-electron chi connectivity index (χ1n) is 6.53. The average Bonchev–Trinajstić information content (AvgIpc) is 2.76. The lowest BCUT2D eigenvalue weighted by molar-refractivity contribution is 0.0911. The maximum absolute atomic E-state index is 13.9. The van der Waals surface area contributed by atoms with Crippen molar-refractivity contribution in [3.05, 3.63) is 47.0 Å². The molecule has 0 amide bonds. The number of rotatable bonds is 1. The number of carbonyl (C=O) groups excluding carboxylic acids is 1. The van der Waals surface area contributed by atoms with E-state index in [-0.39, 0.29) is 16.9 Å². The average molecular weight is 294 g/mol. The molecule has 1 aromatic carbocycles. The van der Waals surface area contributed by atoms with Crippen LogP contribution in [0.3, 0.4) is 0 Å². The second-order valence-electron chi connectivity index (χ2n) is 6.08. The number of carbonyl (C=O) groups is 1. The van der Waals surface area contributed by atoms with Gasteiger partial charge in [0.2, 0.25) is 0 Å². The lowest BCUT2D eigenvalue weighted by Crippen LogP contribution is -2.28. The van der Waals surface area contributed by atoms with Gasteiger partial charge in [0.1, 0.15) is 5.69 Å². The van der Waals surface area contributed by atoms with Gasteiger partial charge in [0.25, 0.3) is 0 Å². The highest BCUT2D eigenvalue weighted by Gasteiger charge is 2.34. The van der Waals surface area contributed by atoms with Crippen LogP contribution in [0.1, 0.15) is 36.3 Å². The summed E-state index contributed by atoms with van der Waals surface area (Å²) in [4.78, 5) is 12.1. The first kappa shape index (κ1) is 13.9. The van der Waals surface area contributed by atoms with E-state index in [1.165, 1.54) is 10.9 Å². The van der Waals surface area contributed by atoms with Crippen molar-refractivity contribution in [2.45, 2.75) is 26.7 Å². The van der Waals surface area contributed by atoms with Crippen LogP contribution >= 0.6 is 0 Å². The number of hydrogen-bond acceptors (Lipinski definition) is 2. The Morgan fingerprint density at radius 3 is 2.48 bits per heavy atom. The summed E-state index contributed by atoms with van der Waals surface area (Å²) in [5.74, 6) is -3.41. The van der Waals surface area contributed by atoms with E-state index in [4.69, 9.17) is 0 Å². The third-order valence-corrected chi connectivity index (χ3v) is 3.67. The van der Waals surface area contributed by atoms with Crippen molar-refractivity contribution in [1.29, 1.82) is 0 Å². The fourth-order valence-electron chi connectivity index (χ4n) is 2.70. The summed E-state index contributed by atoms with van der Waals surface area (Å²) in [5.41, 5.74) is 0.469. The normalized spacial score (nSPS) is 16.9. The largest absolute Gasteiger partial charge is 0.294 e. The van der Waals surface area contributed by atoms with Gasteiger partial charge in [0, 0.05) is 18.6 Å². The molecule has 0 unspecified atom stereocenters. The molecule has 1 aliphatic carbocycles. The molecule has 0 radical (unpaired) electrons. The summed E-state index contributed by atoms with van der Waals surface area (Å²) >= 11 is 0. The van der Waals surface area contributed by atoms with Gasteiger partial charge >= 0.3 is 0 Å². The Morgan fingerprint density at radius 1 is 1.10 bits per heavy atom. The number of benzene rings is 1. The molecule has 3 nitrogen and oxygen atoms in total. The van der Waals surface area contributed by atoms with Crippen LogP contribution < -0.4 is 0 Å².